The van der Waals surface area contributed by atoms with Crippen LogP contribution in [0, 0.1) is 11.3 Å². The zero-order valence-corrected chi connectivity index (χ0v) is 23.8. The molecule has 8 nitrogen and oxygen atoms in total. The molecule has 1 amide bonds. The molecule has 0 saturated heterocycles. The third kappa shape index (κ3) is 5.35. The van der Waals surface area contributed by atoms with Gasteiger partial charge < -0.3 is 11.1 Å². The van der Waals surface area contributed by atoms with Gasteiger partial charge in [0.15, 0.2) is 10.1 Å². The molecule has 12 heteroatoms. The summed E-state index contributed by atoms with van der Waals surface area (Å²) in [4.78, 5) is 27.3. The van der Waals surface area contributed by atoms with E-state index < -0.39 is 5.92 Å². The number of hydrogen-bond donors (Lipinski definition) is 2. The third-order valence-corrected chi connectivity index (χ3v) is 8.94. The molecule has 1 unspecified atom stereocenters. The third-order valence-electron chi connectivity index (χ3n) is 6.14. The standard InChI is InChI=1S/C26H20BrClN6O2S2/c27-15-9-7-14(8-10-15)22-18(12-29)24(30)34(19-5-2-6-20(35)23(19)22)25-32-33-26(38-25)37-13-21(36)31-17-4-1-3-16(28)11-17/h1,3-4,7-11,22H,2,5-6,13,30H2,(H,31,36). The monoisotopic (exact) mass is 626 g/mol. The average Bonchev–Trinajstić information content (AvgIpc) is 3.36. The van der Waals surface area contributed by atoms with Gasteiger partial charge in [-0.2, -0.15) is 5.26 Å². The molecule has 1 aromatic heterocycles. The zero-order chi connectivity index (χ0) is 26.8. The Bertz CT molecular complexity index is 1530. The first-order chi connectivity index (χ1) is 18.4. The number of aromatic nitrogens is 2. The molecule has 1 aliphatic carbocycles. The average molecular weight is 628 g/mol. The van der Waals surface area contributed by atoms with Crippen LogP contribution in [0.25, 0.3) is 0 Å². The molecule has 5 rings (SSSR count). The molecule has 1 atom stereocenters. The number of nitriles is 1. The Balaban J connectivity index is 1.42. The number of carbonyl (C=O) groups excluding carboxylic acids is 2. The molecule has 0 saturated carbocycles. The Morgan fingerprint density at radius 1 is 1.26 bits per heavy atom. The quantitative estimate of drug-likeness (QED) is 0.319. The fraction of sp³-hybridized carbons (Fsp3) is 0.192. The number of nitrogens with zero attached hydrogens (tertiary/aromatic N) is 4. The van der Waals surface area contributed by atoms with E-state index in [2.05, 4.69) is 37.5 Å². The highest BCUT2D eigenvalue weighted by molar-refractivity contribution is 9.10. The summed E-state index contributed by atoms with van der Waals surface area (Å²) >= 11 is 11.9. The lowest BCUT2D eigenvalue weighted by Crippen LogP contribution is -2.38. The van der Waals surface area contributed by atoms with E-state index in [1.807, 2.05) is 24.3 Å². The SMILES string of the molecule is N#CC1=C(N)N(c2nnc(SCC(=O)Nc3cccc(Cl)c3)s2)C2=C(C(=O)CCC2)C1c1ccc(Br)cc1. The number of nitrogens with two attached hydrogens (primary N) is 1. The van der Waals surface area contributed by atoms with E-state index >= 15 is 0 Å². The minimum absolute atomic E-state index is 0.00113. The van der Waals surface area contributed by atoms with Gasteiger partial charge in [0.25, 0.3) is 0 Å². The molecule has 0 spiro atoms. The van der Waals surface area contributed by atoms with Crippen LogP contribution in [0.5, 0.6) is 0 Å². The molecule has 0 fully saturated rings. The van der Waals surface area contributed by atoms with Gasteiger partial charge in [-0.3, -0.25) is 14.5 Å². The van der Waals surface area contributed by atoms with Gasteiger partial charge in [0.05, 0.1) is 23.3 Å². The van der Waals surface area contributed by atoms with Crippen molar-refractivity contribution in [1.82, 2.24) is 10.2 Å². The highest BCUT2D eigenvalue weighted by Crippen LogP contribution is 2.47. The summed E-state index contributed by atoms with van der Waals surface area (Å²) in [7, 11) is 0. The van der Waals surface area contributed by atoms with E-state index in [0.29, 0.717) is 50.6 Å². The number of Topliss-reactive ketones (excluding diaryl/α,β-unsaturated/α-hetero) is 1. The molecule has 3 aromatic rings. The number of amides is 1. The van der Waals surface area contributed by atoms with Crippen LogP contribution in [0.2, 0.25) is 5.02 Å². The van der Waals surface area contributed by atoms with Crippen LogP contribution in [-0.2, 0) is 9.59 Å². The van der Waals surface area contributed by atoms with Gasteiger partial charge in [-0.15, -0.1) is 10.2 Å². The second-order valence-electron chi connectivity index (χ2n) is 8.57. The number of carbonyl (C=O) groups is 2. The summed E-state index contributed by atoms with van der Waals surface area (Å²) in [5, 5.41) is 22.4. The summed E-state index contributed by atoms with van der Waals surface area (Å²) in [6.45, 7) is 0. The largest absolute Gasteiger partial charge is 0.384 e. The van der Waals surface area contributed by atoms with Gasteiger partial charge in [0.1, 0.15) is 5.82 Å². The molecule has 1 aliphatic heterocycles. The van der Waals surface area contributed by atoms with E-state index in [0.717, 1.165) is 15.7 Å². The highest BCUT2D eigenvalue weighted by Gasteiger charge is 2.41. The number of benzene rings is 2. The Hall–Kier alpha value is -3.17. The number of allylic oxidation sites excluding steroid dienone is 3. The first-order valence-electron chi connectivity index (χ1n) is 11.6. The minimum atomic E-state index is -0.538. The van der Waals surface area contributed by atoms with Crippen molar-refractivity contribution in [2.75, 3.05) is 16.0 Å². The number of nitrogens with one attached hydrogen (secondary N) is 1. The maximum atomic E-state index is 13.2. The molecule has 0 bridgehead atoms. The lowest BCUT2D eigenvalue weighted by molar-refractivity contribution is -0.116. The molecule has 2 aliphatic rings. The van der Waals surface area contributed by atoms with Crippen LogP contribution in [0.3, 0.4) is 0 Å². The molecular weight excluding hydrogens is 608 g/mol. The van der Waals surface area contributed by atoms with Gasteiger partial charge in [-0.25, -0.2) is 0 Å². The van der Waals surface area contributed by atoms with Crippen LogP contribution in [0.15, 0.2) is 80.0 Å². The van der Waals surface area contributed by atoms with Crippen molar-refractivity contribution in [3.63, 3.8) is 0 Å². The topological polar surface area (TPSA) is 125 Å². The van der Waals surface area contributed by atoms with Crippen molar-refractivity contribution in [1.29, 1.82) is 5.26 Å². The normalized spacial score (nSPS) is 17.3. The lowest BCUT2D eigenvalue weighted by Gasteiger charge is -2.38. The van der Waals surface area contributed by atoms with Crippen molar-refractivity contribution in [3.05, 3.63) is 86.3 Å². The van der Waals surface area contributed by atoms with Crippen molar-refractivity contribution in [2.45, 2.75) is 29.5 Å². The van der Waals surface area contributed by atoms with E-state index in [1.54, 1.807) is 29.2 Å². The lowest BCUT2D eigenvalue weighted by atomic mass is 9.76. The zero-order valence-electron chi connectivity index (χ0n) is 19.8. The number of anilines is 2. The smallest absolute Gasteiger partial charge is 0.234 e. The van der Waals surface area contributed by atoms with E-state index in [1.165, 1.54) is 23.1 Å². The number of thioether (sulfide) groups is 1. The van der Waals surface area contributed by atoms with E-state index in [-0.39, 0.29) is 23.3 Å². The maximum absolute atomic E-state index is 13.2. The fourth-order valence-corrected chi connectivity index (χ4v) is 6.67. The summed E-state index contributed by atoms with van der Waals surface area (Å²) in [5.74, 6) is -0.391. The fourth-order valence-electron chi connectivity index (χ4n) is 4.54. The molecule has 38 heavy (non-hydrogen) atoms. The Morgan fingerprint density at radius 2 is 2.05 bits per heavy atom. The van der Waals surface area contributed by atoms with Crippen LogP contribution in [0.1, 0.15) is 30.7 Å². The molecule has 2 heterocycles. The van der Waals surface area contributed by atoms with E-state index in [4.69, 9.17) is 17.3 Å². The molecule has 3 N–H and O–H groups in total. The van der Waals surface area contributed by atoms with E-state index in [9.17, 15) is 14.9 Å². The van der Waals surface area contributed by atoms with Gasteiger partial charge in [0, 0.05) is 32.9 Å². The Kier molecular flexibility index (Phi) is 7.85. The van der Waals surface area contributed by atoms with Gasteiger partial charge in [0.2, 0.25) is 11.0 Å². The molecule has 0 radical (unpaired) electrons. The Labute approximate surface area is 240 Å². The van der Waals surface area contributed by atoms with Crippen LogP contribution in [0.4, 0.5) is 10.8 Å². The number of rotatable bonds is 6. The van der Waals surface area contributed by atoms with Gasteiger partial charge >= 0.3 is 0 Å². The number of halogens is 2. The molecule has 2 aromatic carbocycles. The minimum Gasteiger partial charge on any atom is -0.384 e. The predicted molar refractivity (Wildman–Crippen MR) is 153 cm³/mol. The summed E-state index contributed by atoms with van der Waals surface area (Å²) in [6, 6.07) is 16.7. The second-order valence-corrected chi connectivity index (χ2v) is 12.1. The maximum Gasteiger partial charge on any atom is 0.234 e. The first-order valence-corrected chi connectivity index (χ1v) is 14.6. The Morgan fingerprint density at radius 3 is 2.79 bits per heavy atom. The van der Waals surface area contributed by atoms with Crippen molar-refractivity contribution in [2.24, 2.45) is 5.73 Å². The highest BCUT2D eigenvalue weighted by atomic mass is 79.9. The summed E-state index contributed by atoms with van der Waals surface area (Å²) < 4.78 is 1.46. The van der Waals surface area contributed by atoms with Gasteiger partial charge in [-0.05, 0) is 48.7 Å². The van der Waals surface area contributed by atoms with Crippen molar-refractivity contribution < 1.29 is 9.59 Å². The predicted octanol–water partition coefficient (Wildman–Crippen LogP) is 5.99. The van der Waals surface area contributed by atoms with Crippen molar-refractivity contribution in [3.8, 4) is 6.07 Å². The summed E-state index contributed by atoms with van der Waals surface area (Å²) in [5.41, 5.74) is 9.65. The van der Waals surface area contributed by atoms with Crippen LogP contribution < -0.4 is 16.0 Å². The number of ketones is 1. The van der Waals surface area contributed by atoms with Crippen molar-refractivity contribution >= 4 is 73.1 Å². The van der Waals surface area contributed by atoms with Crippen LogP contribution in [-0.4, -0.2) is 27.6 Å². The van der Waals surface area contributed by atoms with Gasteiger partial charge in [-0.1, -0.05) is 68.8 Å². The summed E-state index contributed by atoms with van der Waals surface area (Å²) in [6.07, 6.45) is 1.72. The molecular formula is C26H20BrClN6O2S2. The first kappa shape index (κ1) is 26.4. The second kappa shape index (κ2) is 11.3. The number of hydrogen-bond acceptors (Lipinski definition) is 9. The molecule has 192 valence electrons. The van der Waals surface area contributed by atoms with Crippen LogP contribution >= 0.6 is 50.6 Å².